The Kier molecular flexibility index (Phi) is 8.60. The van der Waals surface area contributed by atoms with Crippen molar-refractivity contribution >= 4 is 16.8 Å². The highest BCUT2D eigenvalue weighted by Crippen LogP contribution is 2.30. The number of methoxy groups -OCH3 is 3. The first-order chi connectivity index (χ1) is 18.5. The molecule has 1 heterocycles. The molecule has 1 N–H and O–H groups in total. The predicted molar refractivity (Wildman–Crippen MR) is 145 cm³/mol. The molecule has 0 saturated heterocycles. The van der Waals surface area contributed by atoms with Gasteiger partial charge in [0.05, 0.1) is 38.2 Å². The summed E-state index contributed by atoms with van der Waals surface area (Å²) in [6, 6.07) is 19.7. The number of carbonyl (C=O) groups is 1. The molecule has 3 aromatic carbocycles. The highest BCUT2D eigenvalue weighted by molar-refractivity contribution is 5.94. The Morgan fingerprint density at radius 1 is 0.816 bits per heavy atom. The van der Waals surface area contributed by atoms with Crippen molar-refractivity contribution in [3.05, 3.63) is 104 Å². The van der Waals surface area contributed by atoms with E-state index in [1.54, 1.807) is 48.1 Å². The summed E-state index contributed by atoms with van der Waals surface area (Å²) in [7, 11) is 4.62. The first-order valence-electron chi connectivity index (χ1n) is 12.3. The number of rotatable bonds is 11. The van der Waals surface area contributed by atoms with E-state index in [1.807, 2.05) is 30.3 Å². The van der Waals surface area contributed by atoms with Gasteiger partial charge in [0, 0.05) is 31.9 Å². The average molecular weight is 518 g/mol. The zero-order valence-corrected chi connectivity index (χ0v) is 21.7. The lowest BCUT2D eigenvalue weighted by molar-refractivity contribution is 0.0948. The minimum Gasteiger partial charge on any atom is -0.493 e. The number of carbonyl (C=O) groups excluding carboxylic acids is 1. The monoisotopic (exact) mass is 517 g/mol. The zero-order valence-electron chi connectivity index (χ0n) is 21.7. The summed E-state index contributed by atoms with van der Waals surface area (Å²) in [6.07, 6.45) is 0.719. The number of ether oxygens (including phenoxy) is 3. The maximum atomic E-state index is 13.7. The molecule has 0 atom stereocenters. The molecule has 1 aromatic heterocycles. The van der Waals surface area contributed by atoms with Crippen LogP contribution in [0.4, 0.5) is 0 Å². The van der Waals surface area contributed by atoms with Crippen molar-refractivity contribution in [2.45, 2.75) is 19.5 Å². The molecule has 4 aromatic rings. The third-order valence-corrected chi connectivity index (χ3v) is 6.28. The number of benzene rings is 3. The summed E-state index contributed by atoms with van der Waals surface area (Å²) in [4.78, 5) is 39.6. The van der Waals surface area contributed by atoms with E-state index in [2.05, 4.69) is 5.32 Å². The topological polar surface area (TPSA) is 101 Å². The summed E-state index contributed by atoms with van der Waals surface area (Å²) >= 11 is 0. The van der Waals surface area contributed by atoms with Crippen LogP contribution in [0.5, 0.6) is 11.5 Å². The van der Waals surface area contributed by atoms with Gasteiger partial charge in [0.1, 0.15) is 0 Å². The smallest absolute Gasteiger partial charge is 0.332 e. The molecule has 0 unspecified atom stereocenters. The molecule has 9 nitrogen and oxygen atoms in total. The van der Waals surface area contributed by atoms with Crippen molar-refractivity contribution in [2.24, 2.45) is 0 Å². The van der Waals surface area contributed by atoms with Gasteiger partial charge in [0.15, 0.2) is 11.5 Å². The van der Waals surface area contributed by atoms with Crippen LogP contribution < -0.4 is 26.0 Å². The number of nitrogens with zero attached hydrogens (tertiary/aromatic N) is 2. The number of aromatic nitrogens is 2. The van der Waals surface area contributed by atoms with Crippen LogP contribution in [-0.2, 0) is 17.8 Å². The lowest BCUT2D eigenvalue weighted by Gasteiger charge is -2.17. The van der Waals surface area contributed by atoms with Gasteiger partial charge in [-0.15, -0.1) is 0 Å². The maximum Gasteiger partial charge on any atom is 0.332 e. The van der Waals surface area contributed by atoms with Crippen LogP contribution in [0.15, 0.2) is 76.3 Å². The second kappa shape index (κ2) is 12.2. The van der Waals surface area contributed by atoms with Crippen LogP contribution in [-0.4, -0.2) is 49.5 Å². The predicted octanol–water partition coefficient (Wildman–Crippen LogP) is 3.04. The summed E-state index contributed by atoms with van der Waals surface area (Å²) in [6.45, 7) is 1.40. The number of hydrogen-bond acceptors (Lipinski definition) is 6. The molecule has 0 aliphatic heterocycles. The Hall–Kier alpha value is -4.37. The van der Waals surface area contributed by atoms with Crippen LogP contribution in [0, 0.1) is 0 Å². The van der Waals surface area contributed by atoms with E-state index in [9.17, 15) is 14.4 Å². The molecule has 0 spiro atoms. The van der Waals surface area contributed by atoms with Gasteiger partial charge >= 0.3 is 5.69 Å². The first kappa shape index (κ1) is 26.7. The normalized spacial score (nSPS) is 10.9. The summed E-state index contributed by atoms with van der Waals surface area (Å²) in [5.74, 6) is 0.630. The molecular weight excluding hydrogens is 486 g/mol. The molecule has 4 rings (SSSR count). The SMILES string of the molecule is COCCCNC(=O)c1ccc(Cn2c(=O)c3cc(OC)c(OC)cc3n(Cc3ccccc3)c2=O)cc1. The van der Waals surface area contributed by atoms with Crippen molar-refractivity contribution < 1.29 is 19.0 Å². The fourth-order valence-electron chi connectivity index (χ4n) is 4.27. The lowest BCUT2D eigenvalue weighted by atomic mass is 10.1. The van der Waals surface area contributed by atoms with Gasteiger partial charge < -0.3 is 19.5 Å². The summed E-state index contributed by atoms with van der Waals surface area (Å²) < 4.78 is 18.6. The number of amides is 1. The Balaban J connectivity index is 1.73. The molecule has 1 amide bonds. The van der Waals surface area contributed by atoms with E-state index in [1.165, 1.54) is 18.8 Å². The van der Waals surface area contributed by atoms with E-state index in [0.29, 0.717) is 46.7 Å². The number of fused-ring (bicyclic) bond motifs is 1. The summed E-state index contributed by atoms with van der Waals surface area (Å²) in [5.41, 5.74) is 1.70. The van der Waals surface area contributed by atoms with E-state index >= 15 is 0 Å². The fraction of sp³-hybridized carbons (Fsp3) is 0.276. The molecule has 0 radical (unpaired) electrons. The largest absolute Gasteiger partial charge is 0.493 e. The molecule has 0 fully saturated rings. The third kappa shape index (κ3) is 5.78. The minimum absolute atomic E-state index is 0.0481. The molecule has 0 aliphatic rings. The molecule has 198 valence electrons. The van der Waals surface area contributed by atoms with Gasteiger partial charge in [-0.25, -0.2) is 4.79 Å². The van der Waals surface area contributed by atoms with Crippen LogP contribution in [0.2, 0.25) is 0 Å². The van der Waals surface area contributed by atoms with Crippen molar-refractivity contribution in [1.29, 1.82) is 0 Å². The molecule has 0 bridgehead atoms. The van der Waals surface area contributed by atoms with Gasteiger partial charge in [0.25, 0.3) is 11.5 Å². The zero-order chi connectivity index (χ0) is 27.1. The van der Waals surface area contributed by atoms with Gasteiger partial charge in [-0.05, 0) is 35.7 Å². The van der Waals surface area contributed by atoms with Crippen LogP contribution >= 0.6 is 0 Å². The fourth-order valence-corrected chi connectivity index (χ4v) is 4.27. The second-order valence-corrected chi connectivity index (χ2v) is 8.77. The second-order valence-electron chi connectivity index (χ2n) is 8.77. The Labute approximate surface area is 220 Å². The highest BCUT2D eigenvalue weighted by atomic mass is 16.5. The number of hydrogen-bond donors (Lipinski definition) is 1. The van der Waals surface area contributed by atoms with Crippen molar-refractivity contribution in [2.75, 3.05) is 34.5 Å². The summed E-state index contributed by atoms with van der Waals surface area (Å²) in [5, 5.41) is 3.18. The van der Waals surface area contributed by atoms with Crippen LogP contribution in [0.3, 0.4) is 0 Å². The van der Waals surface area contributed by atoms with E-state index in [-0.39, 0.29) is 19.0 Å². The minimum atomic E-state index is -0.446. The molecular formula is C29H31N3O6. The van der Waals surface area contributed by atoms with E-state index in [4.69, 9.17) is 14.2 Å². The standard InChI is InChI=1S/C29H31N3O6/c1-36-15-7-14-30-27(33)22-12-10-21(11-13-22)19-32-28(34)23-16-25(37-2)26(38-3)17-24(23)31(29(32)35)18-20-8-5-4-6-9-20/h4-6,8-13,16-17H,7,14-15,18-19H2,1-3H3,(H,30,33). The van der Waals surface area contributed by atoms with Gasteiger partial charge in [-0.1, -0.05) is 42.5 Å². The van der Waals surface area contributed by atoms with E-state index < -0.39 is 11.2 Å². The lowest BCUT2D eigenvalue weighted by Crippen LogP contribution is -2.40. The number of nitrogens with one attached hydrogen (secondary N) is 1. The molecule has 38 heavy (non-hydrogen) atoms. The van der Waals surface area contributed by atoms with Gasteiger partial charge in [-0.2, -0.15) is 0 Å². The van der Waals surface area contributed by atoms with E-state index in [0.717, 1.165) is 12.0 Å². The van der Waals surface area contributed by atoms with Crippen LogP contribution in [0.1, 0.15) is 27.9 Å². The van der Waals surface area contributed by atoms with Crippen LogP contribution in [0.25, 0.3) is 10.9 Å². The Morgan fingerprint density at radius 3 is 2.11 bits per heavy atom. The highest BCUT2D eigenvalue weighted by Gasteiger charge is 2.18. The molecule has 0 aliphatic carbocycles. The van der Waals surface area contributed by atoms with Crippen molar-refractivity contribution in [1.82, 2.24) is 14.5 Å². The van der Waals surface area contributed by atoms with Crippen molar-refractivity contribution in [3.63, 3.8) is 0 Å². The quantitative estimate of drug-likeness (QED) is 0.307. The Morgan fingerprint density at radius 2 is 1.45 bits per heavy atom. The molecule has 9 heteroatoms. The van der Waals surface area contributed by atoms with Gasteiger partial charge in [0.2, 0.25) is 0 Å². The Bertz CT molecular complexity index is 1520. The first-order valence-corrected chi connectivity index (χ1v) is 12.3. The van der Waals surface area contributed by atoms with Gasteiger partial charge in [-0.3, -0.25) is 18.7 Å². The average Bonchev–Trinajstić information content (AvgIpc) is 2.95. The maximum absolute atomic E-state index is 13.7. The third-order valence-electron chi connectivity index (χ3n) is 6.28. The van der Waals surface area contributed by atoms with Crippen molar-refractivity contribution in [3.8, 4) is 11.5 Å². The molecule has 0 saturated carbocycles.